The molecule has 0 bridgehead atoms. The molecule has 0 radical (unpaired) electrons. The number of aliphatic hydroxyl groups is 1. The van der Waals surface area contributed by atoms with Gasteiger partial charge in [0.05, 0.1) is 0 Å². The van der Waals surface area contributed by atoms with Gasteiger partial charge in [-0.2, -0.15) is 0 Å². The minimum atomic E-state index is -0.764. The van der Waals surface area contributed by atoms with E-state index in [0.29, 0.717) is 0 Å². The van der Waals surface area contributed by atoms with Crippen LogP contribution in [0.1, 0.15) is 6.92 Å². The Morgan fingerprint density at radius 1 is 1.62 bits per heavy atom. The molecule has 0 aliphatic heterocycles. The Balaban J connectivity index is 3.68. The molecule has 0 aliphatic rings. The number of carbonyl (C=O) groups excluding carboxylic acids is 1. The number of rotatable bonds is 5. The first-order valence-corrected chi connectivity index (χ1v) is 3.97. The molecule has 0 saturated carbocycles. The molecule has 72 valence electrons. The van der Waals surface area contributed by atoms with Crippen LogP contribution >= 0.6 is 0 Å². The van der Waals surface area contributed by atoms with Crippen LogP contribution in [0.5, 0.6) is 0 Å². The van der Waals surface area contributed by atoms with Gasteiger partial charge in [-0.05, 0) is 6.92 Å². The van der Waals surface area contributed by atoms with Crippen LogP contribution < -0.4 is 0 Å². The second-order valence-electron chi connectivity index (χ2n) is 2.31. The van der Waals surface area contributed by atoms with Gasteiger partial charge in [0, 0.05) is 6.08 Å². The number of hydrogen-bond donors (Lipinski definition) is 1. The number of hydrogen-bond acceptors (Lipinski definition) is 3. The summed E-state index contributed by atoms with van der Waals surface area (Å²) in [5, 5.41) is 9.19. The van der Waals surface area contributed by atoms with Gasteiger partial charge in [-0.1, -0.05) is 30.9 Å². The molecule has 0 fully saturated rings. The molecular formula is C10H14O3. The van der Waals surface area contributed by atoms with Crippen LogP contribution in [0.2, 0.25) is 0 Å². The lowest BCUT2D eigenvalue weighted by atomic mass is 10.3. The molecule has 1 atom stereocenters. The molecule has 0 saturated heterocycles. The molecule has 0 amide bonds. The van der Waals surface area contributed by atoms with Gasteiger partial charge in [-0.3, -0.25) is 0 Å². The van der Waals surface area contributed by atoms with Gasteiger partial charge >= 0.3 is 5.97 Å². The monoisotopic (exact) mass is 182 g/mol. The van der Waals surface area contributed by atoms with Gasteiger partial charge in [0.15, 0.2) is 0 Å². The van der Waals surface area contributed by atoms with Crippen molar-refractivity contribution in [1.82, 2.24) is 0 Å². The molecule has 0 aromatic heterocycles. The van der Waals surface area contributed by atoms with E-state index in [-0.39, 0.29) is 6.61 Å². The first-order valence-electron chi connectivity index (χ1n) is 3.97. The Labute approximate surface area is 78.0 Å². The third kappa shape index (κ3) is 7.03. The highest BCUT2D eigenvalue weighted by Gasteiger charge is 2.01. The van der Waals surface area contributed by atoms with Gasteiger partial charge < -0.3 is 9.84 Å². The zero-order valence-corrected chi connectivity index (χ0v) is 7.64. The first kappa shape index (κ1) is 11.6. The van der Waals surface area contributed by atoms with E-state index in [2.05, 4.69) is 11.3 Å². The van der Waals surface area contributed by atoms with Crippen LogP contribution in [0.4, 0.5) is 0 Å². The summed E-state index contributed by atoms with van der Waals surface area (Å²) in [6, 6.07) is 0. The number of allylic oxidation sites excluding steroid dienone is 3. The molecule has 0 aromatic rings. The molecule has 1 N–H and O–H groups in total. The van der Waals surface area contributed by atoms with E-state index in [0.717, 1.165) is 6.08 Å². The zero-order chi connectivity index (χ0) is 10.1. The van der Waals surface area contributed by atoms with Crippen LogP contribution in [0, 0.1) is 0 Å². The van der Waals surface area contributed by atoms with Crippen molar-refractivity contribution < 1.29 is 14.6 Å². The van der Waals surface area contributed by atoms with Crippen molar-refractivity contribution in [3.8, 4) is 0 Å². The molecule has 0 aromatic carbocycles. The average molecular weight is 182 g/mol. The fraction of sp³-hybridized carbons (Fsp3) is 0.300. The van der Waals surface area contributed by atoms with Crippen LogP contribution in [0.25, 0.3) is 0 Å². The van der Waals surface area contributed by atoms with E-state index >= 15 is 0 Å². The Morgan fingerprint density at radius 2 is 2.31 bits per heavy atom. The van der Waals surface area contributed by atoms with Crippen LogP contribution in [0.3, 0.4) is 0 Å². The second kappa shape index (κ2) is 7.31. The van der Waals surface area contributed by atoms with E-state index in [1.807, 2.05) is 13.0 Å². The third-order valence-corrected chi connectivity index (χ3v) is 1.20. The van der Waals surface area contributed by atoms with E-state index in [1.54, 1.807) is 12.2 Å². The molecule has 3 heteroatoms. The quantitative estimate of drug-likeness (QED) is 0.395. The molecule has 0 heterocycles. The smallest absolute Gasteiger partial charge is 0.330 e. The van der Waals surface area contributed by atoms with E-state index in [4.69, 9.17) is 0 Å². The van der Waals surface area contributed by atoms with Gasteiger partial charge in [-0.15, -0.1) is 0 Å². The lowest BCUT2D eigenvalue weighted by molar-refractivity contribution is -0.139. The summed E-state index contributed by atoms with van der Waals surface area (Å²) in [6.45, 7) is 5.06. The normalized spacial score (nSPS) is 13.4. The predicted octanol–water partition coefficient (Wildman–Crippen LogP) is 1.21. The van der Waals surface area contributed by atoms with Crippen molar-refractivity contribution in [2.45, 2.75) is 13.0 Å². The summed E-state index contributed by atoms with van der Waals surface area (Å²) in [6.07, 6.45) is 7.13. The van der Waals surface area contributed by atoms with Crippen molar-refractivity contribution in [3.05, 3.63) is 37.0 Å². The largest absolute Gasteiger partial charge is 0.459 e. The maximum atomic E-state index is 10.6. The summed E-state index contributed by atoms with van der Waals surface area (Å²) in [4.78, 5) is 10.6. The third-order valence-electron chi connectivity index (χ3n) is 1.20. The van der Waals surface area contributed by atoms with Crippen molar-refractivity contribution in [2.24, 2.45) is 0 Å². The summed E-state index contributed by atoms with van der Waals surface area (Å²) in [5.74, 6) is -0.529. The molecule has 3 nitrogen and oxygen atoms in total. The maximum Gasteiger partial charge on any atom is 0.330 e. The Kier molecular flexibility index (Phi) is 6.55. The van der Waals surface area contributed by atoms with Gasteiger partial charge in [0.2, 0.25) is 0 Å². The molecule has 13 heavy (non-hydrogen) atoms. The molecule has 0 rings (SSSR count). The lowest BCUT2D eigenvalue weighted by Gasteiger charge is -2.04. The Bertz CT molecular complexity index is 216. The van der Waals surface area contributed by atoms with Crippen LogP contribution in [0.15, 0.2) is 37.0 Å². The summed E-state index contributed by atoms with van der Waals surface area (Å²) < 4.78 is 4.60. The predicted molar refractivity (Wildman–Crippen MR) is 51.1 cm³/mol. The highest BCUT2D eigenvalue weighted by atomic mass is 16.5. The fourth-order valence-corrected chi connectivity index (χ4v) is 0.586. The lowest BCUT2D eigenvalue weighted by Crippen LogP contribution is -2.14. The SMILES string of the molecule is C=CC(=O)OCC(O)/C=C/C=C/C. The summed E-state index contributed by atoms with van der Waals surface area (Å²) in [7, 11) is 0. The maximum absolute atomic E-state index is 10.6. The summed E-state index contributed by atoms with van der Waals surface area (Å²) >= 11 is 0. The first-order chi connectivity index (χ1) is 6.20. The van der Waals surface area contributed by atoms with E-state index in [9.17, 15) is 9.90 Å². The van der Waals surface area contributed by atoms with Gasteiger partial charge in [0.1, 0.15) is 12.7 Å². The Morgan fingerprint density at radius 3 is 2.85 bits per heavy atom. The number of aliphatic hydroxyl groups excluding tert-OH is 1. The van der Waals surface area contributed by atoms with E-state index in [1.165, 1.54) is 6.08 Å². The van der Waals surface area contributed by atoms with Gasteiger partial charge in [0.25, 0.3) is 0 Å². The van der Waals surface area contributed by atoms with Crippen molar-refractivity contribution >= 4 is 5.97 Å². The number of ether oxygens (including phenoxy) is 1. The number of carbonyl (C=O) groups is 1. The summed E-state index contributed by atoms with van der Waals surface area (Å²) in [5.41, 5.74) is 0. The average Bonchev–Trinajstić information content (AvgIpc) is 2.14. The standard InChI is InChI=1S/C10H14O3/c1-3-5-6-7-9(11)8-13-10(12)4-2/h3-7,9,11H,2,8H2,1H3/b5-3+,7-6+. The molecule has 0 spiro atoms. The minimum Gasteiger partial charge on any atom is -0.459 e. The minimum absolute atomic E-state index is 0.0428. The molecule has 0 aliphatic carbocycles. The Hall–Kier alpha value is -1.35. The molecular weight excluding hydrogens is 168 g/mol. The topological polar surface area (TPSA) is 46.5 Å². The molecule has 1 unspecified atom stereocenters. The van der Waals surface area contributed by atoms with Crippen molar-refractivity contribution in [2.75, 3.05) is 6.61 Å². The van der Waals surface area contributed by atoms with Crippen molar-refractivity contribution in [3.63, 3.8) is 0 Å². The highest BCUT2D eigenvalue weighted by Crippen LogP contribution is 1.90. The zero-order valence-electron chi connectivity index (χ0n) is 7.64. The fourth-order valence-electron chi connectivity index (χ4n) is 0.586. The van der Waals surface area contributed by atoms with Crippen molar-refractivity contribution in [1.29, 1.82) is 0 Å². The highest BCUT2D eigenvalue weighted by molar-refractivity contribution is 5.81. The van der Waals surface area contributed by atoms with Gasteiger partial charge in [-0.25, -0.2) is 4.79 Å². The number of esters is 1. The van der Waals surface area contributed by atoms with Crippen LogP contribution in [-0.4, -0.2) is 23.8 Å². The van der Waals surface area contributed by atoms with Crippen LogP contribution in [-0.2, 0) is 9.53 Å². The second-order valence-corrected chi connectivity index (χ2v) is 2.31. The van der Waals surface area contributed by atoms with E-state index < -0.39 is 12.1 Å².